The zero-order valence-corrected chi connectivity index (χ0v) is 13.2. The van der Waals surface area contributed by atoms with Gasteiger partial charge >= 0.3 is 0 Å². The monoisotopic (exact) mass is 323 g/mol. The highest BCUT2D eigenvalue weighted by Gasteiger charge is 2.33. The zero-order chi connectivity index (χ0) is 16.5. The van der Waals surface area contributed by atoms with E-state index in [1.165, 1.54) is 6.20 Å². The Kier molecular flexibility index (Phi) is 3.70. The maximum atomic E-state index is 12.5. The third kappa shape index (κ3) is 2.63. The second-order valence-electron chi connectivity index (χ2n) is 5.80. The van der Waals surface area contributed by atoms with Gasteiger partial charge in [-0.2, -0.15) is 0 Å². The molecule has 24 heavy (non-hydrogen) atoms. The van der Waals surface area contributed by atoms with Crippen molar-refractivity contribution < 1.29 is 9.53 Å². The maximum Gasteiger partial charge on any atom is 0.271 e. The number of ether oxygens (including phenoxy) is 1. The molecule has 2 aromatic heterocycles. The number of rotatable bonds is 3. The number of hydrogen-bond acceptors (Lipinski definition) is 5. The Morgan fingerprint density at radius 2 is 2.12 bits per heavy atom. The lowest BCUT2D eigenvalue weighted by molar-refractivity contribution is 0.0776. The fraction of sp³-hybridized carbons (Fsp3) is 0.294. The molecule has 1 fully saturated rings. The van der Waals surface area contributed by atoms with Gasteiger partial charge in [0.05, 0.1) is 23.3 Å². The van der Waals surface area contributed by atoms with Crippen LogP contribution >= 0.6 is 0 Å². The van der Waals surface area contributed by atoms with Crippen LogP contribution in [0.25, 0.3) is 11.0 Å². The van der Waals surface area contributed by atoms with E-state index in [4.69, 9.17) is 4.74 Å². The van der Waals surface area contributed by atoms with Crippen molar-refractivity contribution in [2.75, 3.05) is 6.61 Å². The van der Waals surface area contributed by atoms with E-state index < -0.39 is 0 Å². The Morgan fingerprint density at radius 3 is 2.92 bits per heavy atom. The van der Waals surface area contributed by atoms with Crippen LogP contribution in [-0.4, -0.2) is 38.1 Å². The summed E-state index contributed by atoms with van der Waals surface area (Å²) in [5.41, 5.74) is 1.77. The number of aryl methyl sites for hydroxylation is 1. The molecule has 7 heteroatoms. The number of nitrogens with zero attached hydrogens (tertiary/aromatic N) is 4. The Morgan fingerprint density at radius 1 is 1.29 bits per heavy atom. The normalized spacial score (nSPS) is 20.4. The predicted molar refractivity (Wildman–Crippen MR) is 87.3 cm³/mol. The second-order valence-corrected chi connectivity index (χ2v) is 5.80. The lowest BCUT2D eigenvalue weighted by atomic mass is 10.1. The van der Waals surface area contributed by atoms with Crippen molar-refractivity contribution in [1.29, 1.82) is 0 Å². The molecule has 1 aliphatic rings. The van der Waals surface area contributed by atoms with Crippen molar-refractivity contribution in [1.82, 2.24) is 24.8 Å². The largest absolute Gasteiger partial charge is 0.368 e. The van der Waals surface area contributed by atoms with E-state index in [0.29, 0.717) is 17.8 Å². The first-order valence-electron chi connectivity index (χ1n) is 7.84. The van der Waals surface area contributed by atoms with Gasteiger partial charge in [0.2, 0.25) is 0 Å². The number of benzene rings is 1. The minimum Gasteiger partial charge on any atom is -0.368 e. The van der Waals surface area contributed by atoms with Gasteiger partial charge in [-0.25, -0.2) is 9.97 Å². The highest BCUT2D eigenvalue weighted by atomic mass is 16.5. The van der Waals surface area contributed by atoms with Gasteiger partial charge < -0.3 is 14.6 Å². The van der Waals surface area contributed by atoms with E-state index in [1.807, 2.05) is 42.1 Å². The molecule has 3 aromatic rings. The minimum absolute atomic E-state index is 0.133. The van der Waals surface area contributed by atoms with Crippen LogP contribution in [-0.2, 0) is 11.8 Å². The number of para-hydroxylation sites is 2. The smallest absolute Gasteiger partial charge is 0.271 e. The summed E-state index contributed by atoms with van der Waals surface area (Å²) in [7, 11) is 1.91. The molecule has 0 spiro atoms. The van der Waals surface area contributed by atoms with E-state index in [-0.39, 0.29) is 18.1 Å². The molecular weight excluding hydrogens is 306 g/mol. The third-order valence-corrected chi connectivity index (χ3v) is 4.20. The fourth-order valence-corrected chi connectivity index (χ4v) is 2.95. The van der Waals surface area contributed by atoms with E-state index in [0.717, 1.165) is 17.8 Å². The molecule has 2 atom stereocenters. The summed E-state index contributed by atoms with van der Waals surface area (Å²) in [5.74, 6) is 0.561. The molecule has 0 bridgehead atoms. The van der Waals surface area contributed by atoms with Gasteiger partial charge in [0.25, 0.3) is 5.91 Å². The summed E-state index contributed by atoms with van der Waals surface area (Å²) in [4.78, 5) is 25.6. The van der Waals surface area contributed by atoms with Crippen molar-refractivity contribution in [3.63, 3.8) is 0 Å². The standard InChI is InChI=1S/C17H17N5O2/c1-22-8-7-18-16(22)15-13(6-9-24-15)21-17(23)14-10-19-11-4-2-3-5-12(11)20-14/h2-5,7-8,10,13,15H,6,9H2,1H3,(H,21,23)/t13-,15-/m0/s1. The third-order valence-electron chi connectivity index (χ3n) is 4.20. The van der Waals surface area contributed by atoms with Gasteiger partial charge in [0.1, 0.15) is 17.6 Å². The van der Waals surface area contributed by atoms with Crippen LogP contribution in [0.5, 0.6) is 0 Å². The van der Waals surface area contributed by atoms with E-state index >= 15 is 0 Å². The van der Waals surface area contributed by atoms with Crippen molar-refractivity contribution in [2.24, 2.45) is 7.05 Å². The molecule has 1 amide bonds. The molecular formula is C17H17N5O2. The van der Waals surface area contributed by atoms with Crippen LogP contribution in [0, 0.1) is 0 Å². The van der Waals surface area contributed by atoms with Gasteiger partial charge in [-0.05, 0) is 18.6 Å². The highest BCUT2D eigenvalue weighted by molar-refractivity contribution is 5.94. The molecule has 1 N–H and O–H groups in total. The molecule has 7 nitrogen and oxygen atoms in total. The number of hydrogen-bond donors (Lipinski definition) is 1. The van der Waals surface area contributed by atoms with Gasteiger partial charge in [-0.15, -0.1) is 0 Å². The molecule has 0 saturated carbocycles. The fourth-order valence-electron chi connectivity index (χ4n) is 2.95. The number of amides is 1. The summed E-state index contributed by atoms with van der Waals surface area (Å²) in [6.45, 7) is 0.589. The summed E-state index contributed by atoms with van der Waals surface area (Å²) in [6, 6.07) is 7.34. The number of fused-ring (bicyclic) bond motifs is 1. The number of carbonyl (C=O) groups excluding carboxylic acids is 1. The molecule has 1 saturated heterocycles. The van der Waals surface area contributed by atoms with Crippen LogP contribution in [0.4, 0.5) is 0 Å². The lowest BCUT2D eigenvalue weighted by Gasteiger charge is -2.19. The van der Waals surface area contributed by atoms with Crippen molar-refractivity contribution in [3.05, 3.63) is 54.4 Å². The average Bonchev–Trinajstić information content (AvgIpc) is 3.22. The predicted octanol–water partition coefficient (Wildman–Crippen LogP) is 1.62. The summed E-state index contributed by atoms with van der Waals surface area (Å²) in [5, 5.41) is 3.01. The van der Waals surface area contributed by atoms with Crippen LogP contribution in [0.2, 0.25) is 0 Å². The van der Waals surface area contributed by atoms with E-state index in [1.54, 1.807) is 6.20 Å². The quantitative estimate of drug-likeness (QED) is 0.792. The summed E-state index contributed by atoms with van der Waals surface area (Å²) < 4.78 is 7.67. The summed E-state index contributed by atoms with van der Waals surface area (Å²) >= 11 is 0. The van der Waals surface area contributed by atoms with E-state index in [2.05, 4.69) is 20.3 Å². The number of nitrogens with one attached hydrogen (secondary N) is 1. The van der Waals surface area contributed by atoms with Gasteiger partial charge in [-0.3, -0.25) is 9.78 Å². The molecule has 3 heterocycles. The first kappa shape index (κ1) is 14.8. The van der Waals surface area contributed by atoms with Crippen molar-refractivity contribution in [3.8, 4) is 0 Å². The van der Waals surface area contributed by atoms with Crippen molar-refractivity contribution in [2.45, 2.75) is 18.6 Å². The maximum absolute atomic E-state index is 12.5. The van der Waals surface area contributed by atoms with Crippen LogP contribution in [0.15, 0.2) is 42.9 Å². The number of aromatic nitrogens is 4. The SMILES string of the molecule is Cn1ccnc1[C@H]1OCC[C@@H]1NC(=O)c1cnc2ccccc2n1. The van der Waals surface area contributed by atoms with Crippen LogP contribution in [0.3, 0.4) is 0 Å². The van der Waals surface area contributed by atoms with Gasteiger partial charge in [0, 0.05) is 26.0 Å². The lowest BCUT2D eigenvalue weighted by Crippen LogP contribution is -2.38. The molecule has 0 aliphatic carbocycles. The molecule has 0 radical (unpaired) electrons. The van der Waals surface area contributed by atoms with E-state index in [9.17, 15) is 4.79 Å². The topological polar surface area (TPSA) is 81.9 Å². The second kappa shape index (κ2) is 6.01. The Labute approximate surface area is 138 Å². The molecule has 1 aliphatic heterocycles. The molecule has 122 valence electrons. The Hall–Kier alpha value is -2.80. The van der Waals surface area contributed by atoms with Gasteiger partial charge in [-0.1, -0.05) is 12.1 Å². The molecule has 1 aromatic carbocycles. The Bertz CT molecular complexity index is 891. The molecule has 0 unspecified atom stereocenters. The van der Waals surface area contributed by atoms with Gasteiger partial charge in [0.15, 0.2) is 0 Å². The summed E-state index contributed by atoms with van der Waals surface area (Å²) in [6.07, 6.45) is 5.59. The van der Waals surface area contributed by atoms with Crippen molar-refractivity contribution >= 4 is 16.9 Å². The number of carbonyl (C=O) groups is 1. The minimum atomic E-state index is -0.248. The molecule has 4 rings (SSSR count). The van der Waals surface area contributed by atoms with Crippen LogP contribution < -0.4 is 5.32 Å². The first-order chi connectivity index (χ1) is 11.7. The number of imidazole rings is 1. The Balaban J connectivity index is 1.55. The average molecular weight is 323 g/mol. The van der Waals surface area contributed by atoms with Crippen LogP contribution in [0.1, 0.15) is 28.8 Å². The first-order valence-corrected chi connectivity index (χ1v) is 7.84. The zero-order valence-electron chi connectivity index (χ0n) is 13.2. The highest BCUT2D eigenvalue weighted by Crippen LogP contribution is 2.27.